The van der Waals surface area contributed by atoms with E-state index < -0.39 is 0 Å². The zero-order chi connectivity index (χ0) is 6.41. The van der Waals surface area contributed by atoms with Gasteiger partial charge in [0.15, 0.2) is 0 Å². The first-order valence-electron chi connectivity index (χ1n) is 2.52. The average molecular weight is 173 g/mol. The van der Waals surface area contributed by atoms with Crippen molar-refractivity contribution in [1.29, 1.82) is 0 Å². The molecule has 0 spiro atoms. The van der Waals surface area contributed by atoms with Gasteiger partial charge in [0, 0.05) is 0 Å². The number of rotatable bonds is 4. The molecule has 0 radical (unpaired) electrons. The SMILES string of the molecule is C=CCN([AsH2])CC=C. The summed E-state index contributed by atoms with van der Waals surface area (Å²) in [7, 11) is 0. The van der Waals surface area contributed by atoms with E-state index in [4.69, 9.17) is 0 Å². The molecule has 1 nitrogen and oxygen atoms in total. The second-order valence-corrected chi connectivity index (χ2v) is 3.06. The molecule has 0 heterocycles. The van der Waals surface area contributed by atoms with Crippen molar-refractivity contribution in [3.63, 3.8) is 0 Å². The molecule has 0 bridgehead atoms. The van der Waals surface area contributed by atoms with Crippen molar-refractivity contribution in [3.8, 4) is 0 Å². The van der Waals surface area contributed by atoms with E-state index in [1.807, 2.05) is 12.2 Å². The molecule has 0 saturated heterocycles. The molecule has 0 aliphatic carbocycles. The number of nitrogens with zero attached hydrogens (tertiary/aromatic N) is 1. The van der Waals surface area contributed by atoms with Crippen LogP contribution in [0.25, 0.3) is 0 Å². The van der Waals surface area contributed by atoms with Gasteiger partial charge in [-0.3, -0.25) is 0 Å². The predicted molar refractivity (Wildman–Crippen MR) is 40.5 cm³/mol. The van der Waals surface area contributed by atoms with Gasteiger partial charge in [-0.05, 0) is 0 Å². The summed E-state index contributed by atoms with van der Waals surface area (Å²) in [5, 5.41) is 0. The molecule has 0 aliphatic rings. The van der Waals surface area contributed by atoms with Crippen LogP contribution >= 0.6 is 0 Å². The van der Waals surface area contributed by atoms with Crippen molar-refractivity contribution in [2.24, 2.45) is 0 Å². The van der Waals surface area contributed by atoms with Crippen molar-refractivity contribution in [3.05, 3.63) is 25.3 Å². The molecule has 1 atom stereocenters. The summed E-state index contributed by atoms with van der Waals surface area (Å²) >= 11 is 1.61. The third kappa shape index (κ3) is 4.17. The summed E-state index contributed by atoms with van der Waals surface area (Å²) in [4.78, 5) is 0. The van der Waals surface area contributed by atoms with Crippen LogP contribution in [0.3, 0.4) is 0 Å². The Labute approximate surface area is 59.8 Å². The molecular formula is C6H12AsN. The van der Waals surface area contributed by atoms with E-state index in [9.17, 15) is 0 Å². The van der Waals surface area contributed by atoms with E-state index in [0.717, 1.165) is 13.1 Å². The van der Waals surface area contributed by atoms with Crippen LogP contribution in [0.4, 0.5) is 0 Å². The molecule has 0 saturated carbocycles. The quantitative estimate of drug-likeness (QED) is 0.434. The molecule has 46 valence electrons. The van der Waals surface area contributed by atoms with E-state index in [0.29, 0.717) is 0 Å². The zero-order valence-corrected chi connectivity index (χ0v) is 7.43. The second kappa shape index (κ2) is 5.14. The minimum atomic E-state index is 0.964. The fourth-order valence-electron chi connectivity index (χ4n) is 0.406. The monoisotopic (exact) mass is 173 g/mol. The molecule has 8 heavy (non-hydrogen) atoms. The third-order valence-corrected chi connectivity index (χ3v) is 1.61. The summed E-state index contributed by atoms with van der Waals surface area (Å²) in [5.41, 5.74) is 0. The van der Waals surface area contributed by atoms with E-state index >= 15 is 0 Å². The maximum absolute atomic E-state index is 3.62. The Kier molecular flexibility index (Phi) is 5.14. The topological polar surface area (TPSA) is 3.24 Å². The Balaban J connectivity index is 3.16. The summed E-state index contributed by atoms with van der Waals surface area (Å²) in [6.45, 7) is 9.16. The Morgan fingerprint density at radius 3 is 1.88 bits per heavy atom. The van der Waals surface area contributed by atoms with Gasteiger partial charge in [-0.1, -0.05) is 0 Å². The van der Waals surface area contributed by atoms with Crippen molar-refractivity contribution >= 4 is 17.1 Å². The Bertz CT molecular complexity index is 70.6. The van der Waals surface area contributed by atoms with Crippen LogP contribution in [0, 0.1) is 0 Å². The Hall–Kier alpha value is -0.00156. The molecule has 1 unspecified atom stereocenters. The van der Waals surface area contributed by atoms with Crippen LogP contribution in [0.2, 0.25) is 0 Å². The zero-order valence-electron chi connectivity index (χ0n) is 5.01. The molecule has 0 fully saturated rings. The Morgan fingerprint density at radius 2 is 1.62 bits per heavy atom. The summed E-state index contributed by atoms with van der Waals surface area (Å²) in [6.07, 6.45) is 3.79. The van der Waals surface area contributed by atoms with Gasteiger partial charge in [-0.2, -0.15) is 0 Å². The minimum absolute atomic E-state index is 0.964. The fourth-order valence-corrected chi connectivity index (χ4v) is 1.03. The van der Waals surface area contributed by atoms with Gasteiger partial charge < -0.3 is 0 Å². The maximum atomic E-state index is 3.62. The third-order valence-electron chi connectivity index (χ3n) is 0.727. The summed E-state index contributed by atoms with van der Waals surface area (Å²) < 4.78 is 2.19. The number of hydrogen-bond acceptors (Lipinski definition) is 1. The standard InChI is InChI=1S/C6H12AsN/c1-3-5-8(7)6-4-2/h3-4H,1-2,5-7H2. The molecule has 2 heteroatoms. The first-order valence-corrected chi connectivity index (χ1v) is 3.61. The van der Waals surface area contributed by atoms with Crippen molar-refractivity contribution in [2.75, 3.05) is 13.1 Å². The van der Waals surface area contributed by atoms with Gasteiger partial charge in [0.1, 0.15) is 0 Å². The average Bonchev–Trinajstić information content (AvgIpc) is 1.68. The van der Waals surface area contributed by atoms with Gasteiger partial charge >= 0.3 is 59.3 Å². The van der Waals surface area contributed by atoms with Crippen LogP contribution in [0.5, 0.6) is 0 Å². The molecule has 0 aromatic heterocycles. The molecular weight excluding hydrogens is 161 g/mol. The summed E-state index contributed by atoms with van der Waals surface area (Å²) in [5.74, 6) is 0. The van der Waals surface area contributed by atoms with Gasteiger partial charge in [-0.25, -0.2) is 0 Å². The normalized spacial score (nSPS) is 9.25. The molecule has 0 aromatic rings. The first-order chi connectivity index (χ1) is 3.81. The molecule has 0 amide bonds. The predicted octanol–water partition coefficient (Wildman–Crippen LogP) is 0.209. The van der Waals surface area contributed by atoms with Gasteiger partial charge in [0.05, 0.1) is 0 Å². The van der Waals surface area contributed by atoms with Gasteiger partial charge in [0.2, 0.25) is 0 Å². The van der Waals surface area contributed by atoms with Crippen molar-refractivity contribution < 1.29 is 0 Å². The van der Waals surface area contributed by atoms with E-state index in [1.54, 1.807) is 17.1 Å². The van der Waals surface area contributed by atoms with Gasteiger partial charge in [-0.15, -0.1) is 0 Å². The van der Waals surface area contributed by atoms with Crippen molar-refractivity contribution in [1.82, 2.24) is 3.82 Å². The molecule has 0 aromatic carbocycles. The summed E-state index contributed by atoms with van der Waals surface area (Å²) in [6, 6.07) is 0. The van der Waals surface area contributed by atoms with Crippen LogP contribution < -0.4 is 0 Å². The molecule has 0 aliphatic heterocycles. The fraction of sp³-hybridized carbons (Fsp3) is 0.333. The van der Waals surface area contributed by atoms with Crippen LogP contribution in [0.1, 0.15) is 0 Å². The van der Waals surface area contributed by atoms with Crippen LogP contribution in [-0.4, -0.2) is 34.0 Å². The second-order valence-electron chi connectivity index (χ2n) is 1.53. The van der Waals surface area contributed by atoms with E-state index in [2.05, 4.69) is 17.0 Å². The van der Waals surface area contributed by atoms with Crippen LogP contribution in [0.15, 0.2) is 25.3 Å². The van der Waals surface area contributed by atoms with Crippen LogP contribution in [-0.2, 0) is 0 Å². The van der Waals surface area contributed by atoms with E-state index in [-0.39, 0.29) is 0 Å². The van der Waals surface area contributed by atoms with Crippen molar-refractivity contribution in [2.45, 2.75) is 0 Å². The molecule has 0 rings (SSSR count). The number of hydrogen-bond donors (Lipinski definition) is 0. The Morgan fingerprint density at radius 1 is 1.25 bits per heavy atom. The molecule has 0 N–H and O–H groups in total. The van der Waals surface area contributed by atoms with E-state index in [1.165, 1.54) is 0 Å². The first kappa shape index (κ1) is 8.00. The van der Waals surface area contributed by atoms with Gasteiger partial charge in [0.25, 0.3) is 0 Å².